The first-order chi connectivity index (χ1) is 6.69. The second-order valence-electron chi connectivity index (χ2n) is 2.75. The van der Waals surface area contributed by atoms with Crippen molar-refractivity contribution in [1.82, 2.24) is 10.2 Å². The van der Waals surface area contributed by atoms with Gasteiger partial charge in [-0.2, -0.15) is 0 Å². The van der Waals surface area contributed by atoms with Crippen LogP contribution in [0.3, 0.4) is 0 Å². The molecule has 1 atom stereocenters. The van der Waals surface area contributed by atoms with Gasteiger partial charge in [-0.3, -0.25) is 0 Å². The molecule has 5 nitrogen and oxygen atoms in total. The number of methoxy groups -OCH3 is 1. The van der Waals surface area contributed by atoms with Gasteiger partial charge in [0.2, 0.25) is 5.88 Å². The van der Waals surface area contributed by atoms with Crippen molar-refractivity contribution in [2.75, 3.05) is 13.7 Å². The van der Waals surface area contributed by atoms with Gasteiger partial charge in [0.25, 0.3) is 0 Å². The number of rotatable bonds is 4. The fourth-order valence-corrected chi connectivity index (χ4v) is 1.24. The predicted molar refractivity (Wildman–Crippen MR) is 52.2 cm³/mol. The molecule has 1 aromatic heterocycles. The Balaban J connectivity index is 2.97. The summed E-state index contributed by atoms with van der Waals surface area (Å²) in [4.78, 5) is 0. The van der Waals surface area contributed by atoms with Crippen LogP contribution < -0.4 is 10.5 Å². The van der Waals surface area contributed by atoms with Crippen LogP contribution in [-0.2, 0) is 0 Å². The molecule has 1 heterocycles. The van der Waals surface area contributed by atoms with E-state index >= 15 is 0 Å². The number of hydrogen-bond acceptors (Lipinski definition) is 5. The van der Waals surface area contributed by atoms with Crippen LogP contribution in [0, 0.1) is 0 Å². The molecule has 14 heavy (non-hydrogen) atoms. The lowest BCUT2D eigenvalue weighted by Crippen LogP contribution is -2.14. The number of aromatic nitrogens is 2. The fraction of sp³-hybridized carbons (Fsp3) is 0.500. The zero-order valence-electron chi connectivity index (χ0n) is 7.77. The molecule has 0 saturated heterocycles. The maximum Gasteiger partial charge on any atom is 0.238 e. The number of nitrogens with two attached hydrogens (primary N) is 1. The highest BCUT2D eigenvalue weighted by atomic mass is 35.5. The molecule has 0 aliphatic rings. The number of hydrogen-bond donors (Lipinski definition) is 2. The van der Waals surface area contributed by atoms with Crippen LogP contribution in [0.2, 0.25) is 5.15 Å². The fourth-order valence-electron chi connectivity index (χ4n) is 1.09. The standard InChI is InChI=1S/C8H12ClN3O2/c1-14-8-5(6(10)2-3-13)4-7(9)11-12-8/h4,6,13H,2-3,10H2,1H3. The molecule has 0 aromatic carbocycles. The van der Waals surface area contributed by atoms with Crippen molar-refractivity contribution in [1.29, 1.82) is 0 Å². The van der Waals surface area contributed by atoms with Gasteiger partial charge in [0.05, 0.1) is 7.11 Å². The molecule has 3 N–H and O–H groups in total. The minimum absolute atomic E-state index is 0.00423. The van der Waals surface area contributed by atoms with Crippen molar-refractivity contribution in [3.8, 4) is 5.88 Å². The predicted octanol–water partition coefficient (Wildman–Crippen LogP) is 0.521. The van der Waals surface area contributed by atoms with Crippen LogP contribution in [-0.4, -0.2) is 29.0 Å². The van der Waals surface area contributed by atoms with E-state index in [9.17, 15) is 0 Å². The van der Waals surface area contributed by atoms with Gasteiger partial charge in [-0.15, -0.1) is 10.2 Å². The van der Waals surface area contributed by atoms with E-state index in [1.807, 2.05) is 0 Å². The van der Waals surface area contributed by atoms with E-state index in [0.717, 1.165) is 0 Å². The van der Waals surface area contributed by atoms with Gasteiger partial charge in [-0.1, -0.05) is 11.6 Å². The van der Waals surface area contributed by atoms with E-state index < -0.39 is 0 Å². The number of aliphatic hydroxyl groups excluding tert-OH is 1. The Bertz CT molecular complexity index is 309. The molecule has 0 aliphatic heterocycles. The molecule has 0 radical (unpaired) electrons. The zero-order valence-corrected chi connectivity index (χ0v) is 8.53. The van der Waals surface area contributed by atoms with Crippen molar-refractivity contribution < 1.29 is 9.84 Å². The van der Waals surface area contributed by atoms with Gasteiger partial charge in [0.15, 0.2) is 5.15 Å². The van der Waals surface area contributed by atoms with E-state index in [-0.39, 0.29) is 17.8 Å². The summed E-state index contributed by atoms with van der Waals surface area (Å²) in [5.74, 6) is 0.343. The van der Waals surface area contributed by atoms with Crippen LogP contribution in [0.1, 0.15) is 18.0 Å². The minimum atomic E-state index is -0.344. The summed E-state index contributed by atoms with van der Waals surface area (Å²) in [6, 6.07) is 1.25. The van der Waals surface area contributed by atoms with Crippen LogP contribution >= 0.6 is 11.6 Å². The molecule has 0 fully saturated rings. The van der Waals surface area contributed by atoms with Gasteiger partial charge >= 0.3 is 0 Å². The summed E-state index contributed by atoms with van der Waals surface area (Å²) < 4.78 is 4.97. The van der Waals surface area contributed by atoms with Gasteiger partial charge in [0, 0.05) is 18.2 Å². The quantitative estimate of drug-likeness (QED) is 0.769. The van der Waals surface area contributed by atoms with Crippen LogP contribution in [0.4, 0.5) is 0 Å². The topological polar surface area (TPSA) is 81.3 Å². The van der Waals surface area contributed by atoms with Crippen LogP contribution in [0.15, 0.2) is 6.07 Å². The van der Waals surface area contributed by atoms with Gasteiger partial charge in [-0.25, -0.2) is 0 Å². The Morgan fingerprint density at radius 2 is 2.36 bits per heavy atom. The number of halogens is 1. The average Bonchev–Trinajstić information content (AvgIpc) is 2.18. The maximum absolute atomic E-state index is 8.74. The van der Waals surface area contributed by atoms with Gasteiger partial charge in [0.1, 0.15) is 0 Å². The Morgan fingerprint density at radius 3 is 2.93 bits per heavy atom. The average molecular weight is 218 g/mol. The first-order valence-electron chi connectivity index (χ1n) is 4.12. The molecule has 6 heteroatoms. The van der Waals surface area contributed by atoms with Crippen LogP contribution in [0.5, 0.6) is 5.88 Å². The molecule has 0 aliphatic carbocycles. The van der Waals surface area contributed by atoms with Crippen molar-refractivity contribution in [2.45, 2.75) is 12.5 Å². The molecule has 0 spiro atoms. The normalized spacial score (nSPS) is 12.6. The zero-order chi connectivity index (χ0) is 10.6. The van der Waals surface area contributed by atoms with Gasteiger partial charge < -0.3 is 15.6 Å². The molecule has 0 bridgehead atoms. The molecule has 78 valence electrons. The summed E-state index contributed by atoms with van der Waals surface area (Å²) in [5, 5.41) is 16.4. The third-order valence-electron chi connectivity index (χ3n) is 1.79. The Kier molecular flexibility index (Phi) is 4.06. The Labute approximate surface area is 86.8 Å². The summed E-state index contributed by atoms with van der Waals surface area (Å²) in [5.41, 5.74) is 6.44. The number of nitrogens with zero attached hydrogens (tertiary/aromatic N) is 2. The lowest BCUT2D eigenvalue weighted by molar-refractivity contribution is 0.274. The van der Waals surface area contributed by atoms with E-state index in [0.29, 0.717) is 17.9 Å². The molecule has 1 aromatic rings. The first-order valence-corrected chi connectivity index (χ1v) is 4.50. The summed E-state index contributed by atoms with van der Waals surface area (Å²) >= 11 is 5.67. The maximum atomic E-state index is 8.74. The summed E-state index contributed by atoms with van der Waals surface area (Å²) in [6.07, 6.45) is 0.429. The third kappa shape index (κ3) is 2.54. The van der Waals surface area contributed by atoms with Gasteiger partial charge in [-0.05, 0) is 12.5 Å². The number of ether oxygens (including phenoxy) is 1. The number of aliphatic hydroxyl groups is 1. The molecular weight excluding hydrogens is 206 g/mol. The minimum Gasteiger partial charge on any atom is -0.480 e. The molecule has 1 rings (SSSR count). The van der Waals surface area contributed by atoms with E-state index in [4.69, 9.17) is 27.2 Å². The molecule has 0 amide bonds. The highest BCUT2D eigenvalue weighted by molar-refractivity contribution is 6.29. The van der Waals surface area contributed by atoms with E-state index in [1.54, 1.807) is 6.07 Å². The smallest absolute Gasteiger partial charge is 0.238 e. The SMILES string of the molecule is COc1nnc(Cl)cc1C(N)CCO. The highest BCUT2D eigenvalue weighted by Crippen LogP contribution is 2.24. The second-order valence-corrected chi connectivity index (χ2v) is 3.14. The van der Waals surface area contributed by atoms with Crippen molar-refractivity contribution in [3.05, 3.63) is 16.8 Å². The van der Waals surface area contributed by atoms with E-state index in [1.165, 1.54) is 7.11 Å². The lowest BCUT2D eigenvalue weighted by Gasteiger charge is -2.12. The highest BCUT2D eigenvalue weighted by Gasteiger charge is 2.13. The van der Waals surface area contributed by atoms with Crippen molar-refractivity contribution >= 4 is 11.6 Å². The first kappa shape index (κ1) is 11.2. The second kappa shape index (κ2) is 5.09. The monoisotopic (exact) mass is 217 g/mol. The van der Waals surface area contributed by atoms with E-state index in [2.05, 4.69) is 10.2 Å². The largest absolute Gasteiger partial charge is 0.480 e. The van der Waals surface area contributed by atoms with Crippen LogP contribution in [0.25, 0.3) is 0 Å². The Hall–Kier alpha value is -0.910. The summed E-state index contributed by atoms with van der Waals surface area (Å²) in [6.45, 7) is 0.00423. The third-order valence-corrected chi connectivity index (χ3v) is 1.98. The molecule has 0 saturated carbocycles. The molecular formula is C8H12ClN3O2. The van der Waals surface area contributed by atoms with Crippen molar-refractivity contribution in [3.63, 3.8) is 0 Å². The van der Waals surface area contributed by atoms with Crippen molar-refractivity contribution in [2.24, 2.45) is 5.73 Å². The molecule has 1 unspecified atom stereocenters. The lowest BCUT2D eigenvalue weighted by atomic mass is 10.1. The summed E-state index contributed by atoms with van der Waals surface area (Å²) in [7, 11) is 1.48. The Morgan fingerprint density at radius 1 is 1.64 bits per heavy atom.